The van der Waals surface area contributed by atoms with Crippen LogP contribution in [0.1, 0.15) is 12.0 Å². The van der Waals surface area contributed by atoms with Gasteiger partial charge in [-0.15, -0.1) is 0 Å². The van der Waals surface area contributed by atoms with Crippen LogP contribution in [0.25, 0.3) is 17.1 Å². The van der Waals surface area contributed by atoms with E-state index in [0.29, 0.717) is 18.7 Å². The number of carboxylic acids is 1. The second-order valence-corrected chi connectivity index (χ2v) is 6.71. The van der Waals surface area contributed by atoms with Crippen molar-refractivity contribution >= 4 is 28.9 Å². The Balaban J connectivity index is 1.68. The van der Waals surface area contributed by atoms with Gasteiger partial charge in [-0.3, -0.25) is 4.79 Å². The number of ether oxygens (including phenoxy) is 1. The first-order valence-electron chi connectivity index (χ1n) is 8.82. The molecule has 0 aliphatic carbocycles. The molecule has 2 aliphatic heterocycles. The van der Waals surface area contributed by atoms with Crippen LogP contribution in [0.4, 0.5) is 0 Å². The van der Waals surface area contributed by atoms with Gasteiger partial charge in [-0.2, -0.15) is 0 Å². The molecule has 0 radical (unpaired) electrons. The van der Waals surface area contributed by atoms with Gasteiger partial charge in [0.15, 0.2) is 11.3 Å². The number of ketones is 1. The molecular weight excluding hydrogens is 348 g/mol. The van der Waals surface area contributed by atoms with E-state index >= 15 is 0 Å². The molecule has 0 aromatic carbocycles. The van der Waals surface area contributed by atoms with E-state index in [1.54, 1.807) is 24.5 Å². The minimum absolute atomic E-state index is 0.0183. The number of carbonyl (C=O) groups is 2. The summed E-state index contributed by atoms with van der Waals surface area (Å²) in [5.41, 5.74) is 1.11. The summed E-state index contributed by atoms with van der Waals surface area (Å²) in [6, 6.07) is 3.68. The van der Waals surface area contributed by atoms with Gasteiger partial charge in [0.05, 0.1) is 0 Å². The van der Waals surface area contributed by atoms with Crippen molar-refractivity contribution in [3.63, 3.8) is 0 Å². The number of fused-ring (bicyclic) bond motifs is 1. The standard InChI is InChI=1S/C19H20N4O4/c1-22-6-3-7-23(9-8-22)18-15(19(25)26)16(24)14(27-18)10-12-11-21-17-13(12)4-2-5-20-17/h2,4-5,10-11H,3,6-9H2,1H3,(H,20,21)(H,25,26). The number of rotatable bonds is 3. The maximum absolute atomic E-state index is 12.7. The van der Waals surface area contributed by atoms with E-state index < -0.39 is 11.8 Å². The molecule has 4 heterocycles. The van der Waals surface area contributed by atoms with E-state index in [4.69, 9.17) is 4.74 Å². The van der Waals surface area contributed by atoms with Gasteiger partial charge in [-0.05, 0) is 38.2 Å². The van der Waals surface area contributed by atoms with Crippen LogP contribution in [0.5, 0.6) is 0 Å². The number of aromatic amines is 1. The van der Waals surface area contributed by atoms with Crippen LogP contribution in [-0.4, -0.2) is 69.9 Å². The Labute approximate surface area is 155 Å². The molecule has 0 unspecified atom stereocenters. The van der Waals surface area contributed by atoms with Gasteiger partial charge in [0, 0.05) is 43.0 Å². The lowest BCUT2D eigenvalue weighted by Gasteiger charge is -2.23. The maximum atomic E-state index is 12.7. The minimum Gasteiger partial charge on any atom is -0.477 e. The smallest absolute Gasteiger partial charge is 0.345 e. The van der Waals surface area contributed by atoms with Gasteiger partial charge in [0.25, 0.3) is 0 Å². The first kappa shape index (κ1) is 17.3. The van der Waals surface area contributed by atoms with Gasteiger partial charge in [0.2, 0.25) is 11.7 Å². The minimum atomic E-state index is -1.27. The zero-order chi connectivity index (χ0) is 19.0. The van der Waals surface area contributed by atoms with Crippen molar-refractivity contribution < 1.29 is 19.4 Å². The second-order valence-electron chi connectivity index (χ2n) is 6.71. The third kappa shape index (κ3) is 3.19. The van der Waals surface area contributed by atoms with Crippen LogP contribution >= 0.6 is 0 Å². The lowest BCUT2D eigenvalue weighted by molar-refractivity contribution is -0.134. The van der Waals surface area contributed by atoms with Crippen molar-refractivity contribution in [2.24, 2.45) is 0 Å². The van der Waals surface area contributed by atoms with Crippen LogP contribution in [0, 0.1) is 0 Å². The van der Waals surface area contributed by atoms with Crippen LogP contribution in [0.2, 0.25) is 0 Å². The van der Waals surface area contributed by atoms with Gasteiger partial charge in [-0.1, -0.05) is 0 Å². The predicted octanol–water partition coefficient (Wildman–Crippen LogP) is 1.44. The lowest BCUT2D eigenvalue weighted by Crippen LogP contribution is -2.30. The molecule has 0 atom stereocenters. The third-order valence-corrected chi connectivity index (χ3v) is 4.86. The Morgan fingerprint density at radius 3 is 3.00 bits per heavy atom. The van der Waals surface area contributed by atoms with Gasteiger partial charge < -0.3 is 24.6 Å². The largest absolute Gasteiger partial charge is 0.477 e. The van der Waals surface area contributed by atoms with Crippen LogP contribution in [-0.2, 0) is 14.3 Å². The predicted molar refractivity (Wildman–Crippen MR) is 98.5 cm³/mol. The zero-order valence-electron chi connectivity index (χ0n) is 14.9. The summed E-state index contributed by atoms with van der Waals surface area (Å²) in [7, 11) is 2.02. The van der Waals surface area contributed by atoms with E-state index in [1.165, 1.54) is 0 Å². The molecule has 4 rings (SSSR count). The molecule has 2 N–H and O–H groups in total. The molecule has 140 valence electrons. The summed E-state index contributed by atoms with van der Waals surface area (Å²) in [4.78, 5) is 35.7. The molecular formula is C19H20N4O4. The highest BCUT2D eigenvalue weighted by atomic mass is 16.5. The molecule has 2 aliphatic rings. The normalized spacial score (nSPS) is 20.4. The first-order valence-corrected chi connectivity index (χ1v) is 8.82. The average molecular weight is 368 g/mol. The topological polar surface area (TPSA) is 98.8 Å². The number of hydrogen-bond acceptors (Lipinski definition) is 6. The number of nitrogens with zero attached hydrogens (tertiary/aromatic N) is 3. The van der Waals surface area contributed by atoms with E-state index in [-0.39, 0.29) is 17.2 Å². The second kappa shape index (κ2) is 6.88. The Bertz CT molecular complexity index is 975. The fraction of sp³-hybridized carbons (Fsp3) is 0.316. The molecule has 1 saturated heterocycles. The van der Waals surface area contributed by atoms with Crippen molar-refractivity contribution in [2.75, 3.05) is 33.2 Å². The summed E-state index contributed by atoms with van der Waals surface area (Å²) in [6.07, 6.45) is 5.84. The fourth-order valence-corrected chi connectivity index (χ4v) is 3.42. The number of aromatic nitrogens is 2. The number of nitrogens with one attached hydrogen (secondary N) is 1. The van der Waals surface area contributed by atoms with Gasteiger partial charge in [-0.25, -0.2) is 9.78 Å². The summed E-state index contributed by atoms with van der Waals surface area (Å²) < 4.78 is 5.78. The number of Topliss-reactive ketones (excluding diaryl/α,β-unsaturated/α-hetero) is 1. The Kier molecular flexibility index (Phi) is 4.41. The first-order chi connectivity index (χ1) is 13.0. The highest BCUT2D eigenvalue weighted by Gasteiger charge is 2.38. The molecule has 8 heteroatoms. The Hall–Kier alpha value is -3.13. The number of carbonyl (C=O) groups excluding carboxylic acids is 1. The number of H-pyrrole nitrogens is 1. The molecule has 2 aromatic rings. The van der Waals surface area contributed by atoms with Crippen LogP contribution in [0.3, 0.4) is 0 Å². The van der Waals surface area contributed by atoms with Crippen LogP contribution < -0.4 is 0 Å². The number of likely N-dealkylation sites (N-methyl/N-ethyl adjacent to an activating group) is 1. The van der Waals surface area contributed by atoms with Gasteiger partial charge >= 0.3 is 5.97 Å². The molecule has 0 amide bonds. The van der Waals surface area contributed by atoms with E-state index in [9.17, 15) is 14.7 Å². The van der Waals surface area contributed by atoms with Crippen molar-refractivity contribution in [1.82, 2.24) is 19.8 Å². The average Bonchev–Trinajstić information content (AvgIpc) is 3.11. The van der Waals surface area contributed by atoms with E-state index in [0.717, 1.165) is 30.5 Å². The Morgan fingerprint density at radius 2 is 2.19 bits per heavy atom. The summed E-state index contributed by atoms with van der Waals surface area (Å²) in [5.74, 6) is -1.71. The summed E-state index contributed by atoms with van der Waals surface area (Å²) in [6.45, 7) is 2.96. The number of hydrogen-bond donors (Lipinski definition) is 2. The maximum Gasteiger partial charge on any atom is 0.345 e. The zero-order valence-corrected chi connectivity index (χ0v) is 14.9. The van der Waals surface area contributed by atoms with Crippen molar-refractivity contribution in [3.8, 4) is 0 Å². The highest BCUT2D eigenvalue weighted by Crippen LogP contribution is 2.31. The number of pyridine rings is 1. The van der Waals surface area contributed by atoms with Crippen molar-refractivity contribution in [3.05, 3.63) is 47.3 Å². The van der Waals surface area contributed by atoms with Crippen LogP contribution in [0.15, 0.2) is 41.7 Å². The quantitative estimate of drug-likeness (QED) is 0.625. The number of aliphatic carboxylic acids is 1. The summed E-state index contributed by atoms with van der Waals surface area (Å²) in [5, 5.41) is 10.4. The summed E-state index contributed by atoms with van der Waals surface area (Å²) >= 11 is 0. The number of carboxylic acid groups (broad SMARTS) is 1. The lowest BCUT2D eigenvalue weighted by atomic mass is 10.1. The number of allylic oxidation sites excluding steroid dienone is 1. The fourth-order valence-electron chi connectivity index (χ4n) is 3.42. The molecule has 0 spiro atoms. The Morgan fingerprint density at radius 1 is 1.33 bits per heavy atom. The molecule has 0 saturated carbocycles. The SMILES string of the molecule is CN1CCCN(C2=C(C(=O)O)C(=O)C(=Cc3c[nH]c4ncccc34)O2)CC1. The van der Waals surface area contributed by atoms with Gasteiger partial charge in [0.1, 0.15) is 5.65 Å². The van der Waals surface area contributed by atoms with E-state index in [2.05, 4.69) is 14.9 Å². The third-order valence-electron chi connectivity index (χ3n) is 4.86. The molecule has 0 bridgehead atoms. The van der Waals surface area contributed by atoms with Crippen molar-refractivity contribution in [2.45, 2.75) is 6.42 Å². The molecule has 1 fully saturated rings. The van der Waals surface area contributed by atoms with E-state index in [1.807, 2.05) is 18.0 Å². The van der Waals surface area contributed by atoms with Crippen molar-refractivity contribution in [1.29, 1.82) is 0 Å². The highest BCUT2D eigenvalue weighted by molar-refractivity contribution is 6.26. The monoisotopic (exact) mass is 368 g/mol. The molecule has 27 heavy (non-hydrogen) atoms. The molecule has 2 aromatic heterocycles. The molecule has 8 nitrogen and oxygen atoms in total.